The van der Waals surface area contributed by atoms with Crippen LogP contribution in [0.5, 0.6) is 0 Å². The van der Waals surface area contributed by atoms with Gasteiger partial charge in [0.25, 0.3) is 5.91 Å². The fourth-order valence-electron chi connectivity index (χ4n) is 3.23. The van der Waals surface area contributed by atoms with Gasteiger partial charge in [0.05, 0.1) is 11.4 Å². The maximum absolute atomic E-state index is 12.9. The van der Waals surface area contributed by atoms with Crippen molar-refractivity contribution in [3.63, 3.8) is 0 Å². The first-order chi connectivity index (χ1) is 11.6. The number of carbonyl (C=O) groups is 1. The number of carbonyl (C=O) groups excluding carboxylic acids is 1. The molecule has 1 amide bonds. The second-order valence-electron chi connectivity index (χ2n) is 6.23. The molecular weight excluding hydrogens is 370 g/mol. The van der Waals surface area contributed by atoms with Crippen LogP contribution in [0.15, 0.2) is 28.7 Å². The number of piperidine rings is 1. The summed E-state index contributed by atoms with van der Waals surface area (Å²) in [5.74, 6) is 0.489. The highest BCUT2D eigenvalue weighted by Gasteiger charge is 2.27. The predicted octanol–water partition coefficient (Wildman–Crippen LogP) is 2.41. The smallest absolute Gasteiger partial charge is 0.276 e. The highest BCUT2D eigenvalue weighted by Crippen LogP contribution is 2.21. The van der Waals surface area contributed by atoms with Gasteiger partial charge >= 0.3 is 0 Å². The van der Waals surface area contributed by atoms with Crippen molar-refractivity contribution >= 4 is 21.8 Å². The largest absolute Gasteiger partial charge is 0.337 e. The van der Waals surface area contributed by atoms with Crippen molar-refractivity contribution in [3.8, 4) is 5.69 Å². The molecule has 7 heteroatoms. The van der Waals surface area contributed by atoms with Crippen LogP contribution in [0.25, 0.3) is 5.69 Å². The summed E-state index contributed by atoms with van der Waals surface area (Å²) in [4.78, 5) is 14.8. The fourth-order valence-corrected chi connectivity index (χ4v) is 3.62. The van der Waals surface area contributed by atoms with Gasteiger partial charge in [0.1, 0.15) is 0 Å². The van der Waals surface area contributed by atoms with Crippen LogP contribution in [0.2, 0.25) is 0 Å². The van der Waals surface area contributed by atoms with Gasteiger partial charge < -0.3 is 10.2 Å². The lowest BCUT2D eigenvalue weighted by atomic mass is 9.97. The Kier molecular flexibility index (Phi) is 5.30. The lowest BCUT2D eigenvalue weighted by molar-refractivity contribution is 0.0667. The van der Waals surface area contributed by atoms with Crippen molar-refractivity contribution in [1.82, 2.24) is 25.2 Å². The minimum atomic E-state index is -0.0189. The number of hydrogen-bond acceptors (Lipinski definition) is 4. The lowest BCUT2D eigenvalue weighted by Gasteiger charge is -2.32. The van der Waals surface area contributed by atoms with E-state index < -0.39 is 0 Å². The number of aromatic nitrogens is 3. The van der Waals surface area contributed by atoms with Crippen LogP contribution in [0, 0.1) is 12.8 Å². The number of benzene rings is 1. The Balaban J connectivity index is 1.81. The van der Waals surface area contributed by atoms with Gasteiger partial charge in [-0.2, -0.15) is 0 Å². The first-order valence-corrected chi connectivity index (χ1v) is 9.01. The van der Waals surface area contributed by atoms with Crippen LogP contribution in [0.3, 0.4) is 0 Å². The fraction of sp³-hybridized carbons (Fsp3) is 0.471. The van der Waals surface area contributed by atoms with Crippen molar-refractivity contribution in [2.24, 2.45) is 5.92 Å². The minimum Gasteiger partial charge on any atom is -0.337 e. The average Bonchev–Trinajstić information content (AvgIpc) is 2.96. The Morgan fingerprint density at radius 1 is 1.46 bits per heavy atom. The van der Waals surface area contributed by atoms with Gasteiger partial charge in [0.2, 0.25) is 0 Å². The van der Waals surface area contributed by atoms with Crippen LogP contribution in [0.4, 0.5) is 0 Å². The summed E-state index contributed by atoms with van der Waals surface area (Å²) in [6.07, 6.45) is 2.20. The second-order valence-corrected chi connectivity index (χ2v) is 7.15. The molecule has 0 aliphatic carbocycles. The zero-order valence-electron chi connectivity index (χ0n) is 14.0. The number of hydrogen-bond donors (Lipinski definition) is 1. The van der Waals surface area contributed by atoms with Gasteiger partial charge in [-0.3, -0.25) is 4.79 Å². The third-order valence-corrected chi connectivity index (χ3v) is 4.94. The Morgan fingerprint density at radius 2 is 2.29 bits per heavy atom. The standard InChI is InChI=1S/C17H22BrN5O/c1-12-16(17(24)22-8-4-5-13(11-22)10-19-2)20-21-23(12)15-7-3-6-14(18)9-15/h3,6-7,9,13,19H,4-5,8,10-11H2,1-2H3. The number of nitrogens with one attached hydrogen (secondary N) is 1. The van der Waals surface area contributed by atoms with E-state index in [2.05, 4.69) is 31.6 Å². The summed E-state index contributed by atoms with van der Waals surface area (Å²) in [5, 5.41) is 11.5. The Morgan fingerprint density at radius 3 is 3.04 bits per heavy atom. The molecule has 1 saturated heterocycles. The third-order valence-electron chi connectivity index (χ3n) is 4.45. The van der Waals surface area contributed by atoms with Gasteiger partial charge in [-0.1, -0.05) is 27.2 Å². The molecule has 6 nitrogen and oxygen atoms in total. The topological polar surface area (TPSA) is 63.1 Å². The zero-order chi connectivity index (χ0) is 17.1. The molecular formula is C17H22BrN5O. The lowest BCUT2D eigenvalue weighted by Crippen LogP contribution is -2.42. The highest BCUT2D eigenvalue weighted by atomic mass is 79.9. The summed E-state index contributed by atoms with van der Waals surface area (Å²) in [6.45, 7) is 4.40. The van der Waals surface area contributed by atoms with E-state index >= 15 is 0 Å². The summed E-state index contributed by atoms with van der Waals surface area (Å²) in [5.41, 5.74) is 2.11. The molecule has 128 valence electrons. The van der Waals surface area contributed by atoms with E-state index in [1.54, 1.807) is 4.68 Å². The molecule has 1 aromatic heterocycles. The molecule has 2 aromatic rings. The molecule has 0 saturated carbocycles. The van der Waals surface area contributed by atoms with Gasteiger partial charge in [-0.25, -0.2) is 4.68 Å². The van der Waals surface area contributed by atoms with Crippen LogP contribution >= 0.6 is 15.9 Å². The monoisotopic (exact) mass is 391 g/mol. The normalized spacial score (nSPS) is 18.0. The van der Waals surface area contributed by atoms with Gasteiger partial charge in [-0.05, 0) is 57.5 Å². The number of likely N-dealkylation sites (tertiary alicyclic amines) is 1. The second kappa shape index (κ2) is 7.44. The SMILES string of the molecule is CNCC1CCCN(C(=O)c2nnn(-c3cccc(Br)c3)c2C)C1. The van der Waals surface area contributed by atoms with Crippen molar-refractivity contribution in [1.29, 1.82) is 0 Å². The summed E-state index contributed by atoms with van der Waals surface area (Å²) < 4.78 is 2.68. The van der Waals surface area contributed by atoms with E-state index in [1.165, 1.54) is 0 Å². The number of halogens is 1. The van der Waals surface area contributed by atoms with E-state index in [-0.39, 0.29) is 5.91 Å². The molecule has 0 spiro atoms. The van der Waals surface area contributed by atoms with Crippen molar-refractivity contribution in [3.05, 3.63) is 40.1 Å². The van der Waals surface area contributed by atoms with Gasteiger partial charge in [0, 0.05) is 17.6 Å². The van der Waals surface area contributed by atoms with Crippen molar-refractivity contribution in [2.45, 2.75) is 19.8 Å². The molecule has 3 rings (SSSR count). The maximum Gasteiger partial charge on any atom is 0.276 e. The molecule has 1 aromatic carbocycles. The first-order valence-electron chi connectivity index (χ1n) is 8.22. The Hall–Kier alpha value is -1.73. The minimum absolute atomic E-state index is 0.0189. The first kappa shape index (κ1) is 17.1. The van der Waals surface area contributed by atoms with Crippen molar-refractivity contribution < 1.29 is 4.79 Å². The summed E-state index contributed by atoms with van der Waals surface area (Å²) >= 11 is 3.46. The van der Waals surface area contributed by atoms with E-state index in [0.717, 1.165) is 48.3 Å². The van der Waals surface area contributed by atoms with Crippen LogP contribution in [0.1, 0.15) is 29.0 Å². The molecule has 1 unspecified atom stereocenters. The zero-order valence-corrected chi connectivity index (χ0v) is 15.6. The molecule has 0 radical (unpaired) electrons. The Bertz CT molecular complexity index is 728. The van der Waals surface area contributed by atoms with Crippen molar-refractivity contribution in [2.75, 3.05) is 26.7 Å². The quantitative estimate of drug-likeness (QED) is 0.868. The van der Waals surface area contributed by atoms with Gasteiger partial charge in [0.15, 0.2) is 5.69 Å². The molecule has 1 aliphatic rings. The molecule has 1 atom stereocenters. The van der Waals surface area contributed by atoms with E-state index in [1.807, 2.05) is 43.1 Å². The number of rotatable bonds is 4. The Labute approximate surface area is 150 Å². The molecule has 1 aliphatic heterocycles. The van der Waals surface area contributed by atoms with E-state index in [9.17, 15) is 4.79 Å². The number of amides is 1. The van der Waals surface area contributed by atoms with E-state index in [0.29, 0.717) is 11.6 Å². The summed E-state index contributed by atoms with van der Waals surface area (Å²) in [7, 11) is 1.95. The average molecular weight is 392 g/mol. The molecule has 0 bridgehead atoms. The third kappa shape index (κ3) is 3.52. The summed E-state index contributed by atoms with van der Waals surface area (Å²) in [6, 6.07) is 7.80. The molecule has 24 heavy (non-hydrogen) atoms. The maximum atomic E-state index is 12.9. The molecule has 1 fully saturated rings. The van der Waals surface area contributed by atoms with Crippen LogP contribution in [-0.4, -0.2) is 52.5 Å². The molecule has 1 N–H and O–H groups in total. The van der Waals surface area contributed by atoms with E-state index in [4.69, 9.17) is 0 Å². The highest BCUT2D eigenvalue weighted by molar-refractivity contribution is 9.10. The predicted molar refractivity (Wildman–Crippen MR) is 96.4 cm³/mol. The van der Waals surface area contributed by atoms with Crippen LogP contribution < -0.4 is 5.32 Å². The molecule has 2 heterocycles. The van der Waals surface area contributed by atoms with Gasteiger partial charge in [-0.15, -0.1) is 5.10 Å². The van der Waals surface area contributed by atoms with Crippen LogP contribution in [-0.2, 0) is 0 Å². The number of nitrogens with zero attached hydrogens (tertiary/aromatic N) is 4.